The first-order valence-corrected chi connectivity index (χ1v) is 9.60. The molecule has 0 amide bonds. The summed E-state index contributed by atoms with van der Waals surface area (Å²) in [5, 5.41) is 18.0. The fraction of sp³-hybridized carbons (Fsp3) is 0.300. The Morgan fingerprint density at radius 1 is 1.13 bits per heavy atom. The lowest BCUT2D eigenvalue weighted by atomic mass is 10.2. The van der Waals surface area contributed by atoms with Crippen LogP contribution in [0.1, 0.15) is 10.4 Å². The maximum atomic E-state index is 10.6. The summed E-state index contributed by atoms with van der Waals surface area (Å²) in [5.74, 6) is -1.43. The molecule has 3 rings (SSSR count). The van der Waals surface area contributed by atoms with Gasteiger partial charge in [-0.05, 0) is 36.9 Å². The van der Waals surface area contributed by atoms with Crippen molar-refractivity contribution in [2.24, 2.45) is 0 Å². The van der Waals surface area contributed by atoms with Crippen LogP contribution in [0.2, 0.25) is 0 Å². The first kappa shape index (κ1) is 23.4. The molecule has 0 aliphatic heterocycles. The van der Waals surface area contributed by atoms with E-state index in [1.54, 1.807) is 17.4 Å². The fourth-order valence-electron chi connectivity index (χ4n) is 2.58. The van der Waals surface area contributed by atoms with Gasteiger partial charge in [-0.15, -0.1) is 11.3 Å². The standard InChI is InChI=1S/C18H21N3OS.C2HF3O2/c1-20(2)18-8-7-13(10-19-18)11-21(3)12-14-9-15-16(22)5-4-6-17(15)23-14;3-2(4,5)1(6)7/h4-10,22H,11-12H2,1-3H3;(H,6,7). The Kier molecular flexibility index (Phi) is 7.63. The van der Waals surface area contributed by atoms with E-state index in [0.717, 1.165) is 29.0 Å². The van der Waals surface area contributed by atoms with Crippen molar-refractivity contribution in [3.05, 3.63) is 53.0 Å². The Balaban J connectivity index is 0.000000396. The monoisotopic (exact) mass is 441 g/mol. The van der Waals surface area contributed by atoms with Crippen molar-refractivity contribution in [1.29, 1.82) is 0 Å². The third kappa shape index (κ3) is 6.60. The van der Waals surface area contributed by atoms with Gasteiger partial charge in [-0.2, -0.15) is 13.2 Å². The van der Waals surface area contributed by atoms with Gasteiger partial charge in [0.15, 0.2) is 0 Å². The molecule has 10 heteroatoms. The summed E-state index contributed by atoms with van der Waals surface area (Å²) in [6, 6.07) is 11.9. The number of pyridine rings is 1. The molecular formula is C20H22F3N3O3S. The molecule has 0 aliphatic rings. The SMILES string of the molecule is CN(Cc1ccc(N(C)C)nc1)Cc1cc2c(O)cccc2s1.O=C(O)C(F)(F)F. The highest BCUT2D eigenvalue weighted by Crippen LogP contribution is 2.32. The van der Waals surface area contributed by atoms with Crippen LogP contribution in [0.4, 0.5) is 19.0 Å². The van der Waals surface area contributed by atoms with Crippen LogP contribution in [-0.4, -0.2) is 53.4 Å². The quantitative estimate of drug-likeness (QED) is 0.614. The minimum atomic E-state index is -5.08. The molecule has 3 aromatic rings. The Morgan fingerprint density at radius 2 is 1.80 bits per heavy atom. The minimum absolute atomic E-state index is 0.358. The van der Waals surface area contributed by atoms with E-state index in [-0.39, 0.29) is 0 Å². The zero-order valence-corrected chi connectivity index (χ0v) is 17.5. The second-order valence-electron chi connectivity index (χ2n) is 6.80. The number of nitrogens with zero attached hydrogens (tertiary/aromatic N) is 3. The normalized spacial score (nSPS) is 11.3. The van der Waals surface area contributed by atoms with Gasteiger partial charge in [0, 0.05) is 48.3 Å². The largest absolute Gasteiger partial charge is 0.507 e. The van der Waals surface area contributed by atoms with Crippen LogP contribution in [0.5, 0.6) is 5.75 Å². The molecule has 1 aromatic carbocycles. The summed E-state index contributed by atoms with van der Waals surface area (Å²) < 4.78 is 32.9. The number of aromatic hydroxyl groups is 1. The lowest BCUT2D eigenvalue weighted by Crippen LogP contribution is -2.21. The first-order valence-electron chi connectivity index (χ1n) is 8.78. The number of rotatable bonds is 5. The third-order valence-corrected chi connectivity index (χ3v) is 5.06. The molecule has 0 spiro atoms. The molecule has 2 N–H and O–H groups in total. The molecule has 2 aromatic heterocycles. The number of phenolic OH excluding ortho intramolecular Hbond substituents is 1. The van der Waals surface area contributed by atoms with E-state index in [2.05, 4.69) is 29.1 Å². The zero-order valence-electron chi connectivity index (χ0n) is 16.6. The number of anilines is 1. The van der Waals surface area contributed by atoms with Gasteiger partial charge >= 0.3 is 12.1 Å². The number of phenols is 1. The van der Waals surface area contributed by atoms with Gasteiger partial charge in [0.05, 0.1) is 0 Å². The van der Waals surface area contributed by atoms with Gasteiger partial charge in [-0.1, -0.05) is 12.1 Å². The fourth-order valence-corrected chi connectivity index (χ4v) is 3.75. The van der Waals surface area contributed by atoms with Crippen molar-refractivity contribution in [3.63, 3.8) is 0 Å². The summed E-state index contributed by atoms with van der Waals surface area (Å²) in [4.78, 5) is 18.9. The number of halogens is 3. The van der Waals surface area contributed by atoms with Crippen molar-refractivity contribution < 1.29 is 28.2 Å². The number of aliphatic carboxylic acids is 1. The molecule has 6 nitrogen and oxygen atoms in total. The van der Waals surface area contributed by atoms with E-state index in [9.17, 15) is 18.3 Å². The molecule has 162 valence electrons. The van der Waals surface area contributed by atoms with Crippen molar-refractivity contribution in [2.75, 3.05) is 26.0 Å². The summed E-state index contributed by atoms with van der Waals surface area (Å²) in [6.45, 7) is 1.70. The Bertz CT molecular complexity index is 988. The number of alkyl halides is 3. The smallest absolute Gasteiger partial charge is 0.490 e. The molecule has 0 unspecified atom stereocenters. The zero-order chi connectivity index (χ0) is 22.5. The minimum Gasteiger partial charge on any atom is -0.507 e. The van der Waals surface area contributed by atoms with E-state index in [0.29, 0.717) is 5.75 Å². The molecule has 0 saturated heterocycles. The van der Waals surface area contributed by atoms with E-state index in [1.807, 2.05) is 43.4 Å². The van der Waals surface area contributed by atoms with Crippen LogP contribution in [0.15, 0.2) is 42.6 Å². The summed E-state index contributed by atoms with van der Waals surface area (Å²) in [6.07, 6.45) is -3.15. The predicted octanol–water partition coefficient (Wildman–Crippen LogP) is 4.33. The molecule has 0 radical (unpaired) electrons. The Labute approximate surface area is 175 Å². The number of aromatic nitrogens is 1. The molecule has 0 atom stereocenters. The van der Waals surface area contributed by atoms with Crippen molar-refractivity contribution >= 4 is 33.2 Å². The lowest BCUT2D eigenvalue weighted by Gasteiger charge is -2.16. The van der Waals surface area contributed by atoms with Crippen molar-refractivity contribution in [3.8, 4) is 5.75 Å². The van der Waals surface area contributed by atoms with E-state index in [1.165, 1.54) is 10.4 Å². The molecule has 30 heavy (non-hydrogen) atoms. The molecule has 0 aliphatic carbocycles. The number of carbonyl (C=O) groups is 1. The summed E-state index contributed by atoms with van der Waals surface area (Å²) >= 11 is 1.73. The van der Waals surface area contributed by atoms with Crippen LogP contribution in [0.25, 0.3) is 10.1 Å². The Hall–Kier alpha value is -2.85. The molecule has 0 bridgehead atoms. The van der Waals surface area contributed by atoms with Crippen LogP contribution in [0, 0.1) is 0 Å². The molecular weight excluding hydrogens is 419 g/mol. The van der Waals surface area contributed by atoms with E-state index in [4.69, 9.17) is 9.90 Å². The highest BCUT2D eigenvalue weighted by Gasteiger charge is 2.38. The topological polar surface area (TPSA) is 76.9 Å². The van der Waals surface area contributed by atoms with Gasteiger partial charge < -0.3 is 15.1 Å². The number of fused-ring (bicyclic) bond motifs is 1. The molecule has 0 fully saturated rings. The summed E-state index contributed by atoms with van der Waals surface area (Å²) in [5.41, 5.74) is 1.20. The second kappa shape index (κ2) is 9.77. The number of thiophene rings is 1. The number of carboxylic acid groups (broad SMARTS) is 1. The van der Waals surface area contributed by atoms with Gasteiger partial charge in [-0.3, -0.25) is 4.90 Å². The van der Waals surface area contributed by atoms with Crippen molar-refractivity contribution in [2.45, 2.75) is 19.3 Å². The van der Waals surface area contributed by atoms with E-state index >= 15 is 0 Å². The lowest BCUT2D eigenvalue weighted by molar-refractivity contribution is -0.192. The maximum Gasteiger partial charge on any atom is 0.490 e. The molecule has 0 saturated carbocycles. The van der Waals surface area contributed by atoms with Gasteiger partial charge in [0.2, 0.25) is 0 Å². The number of hydrogen-bond acceptors (Lipinski definition) is 6. The number of benzene rings is 1. The molecule has 2 heterocycles. The van der Waals surface area contributed by atoms with Crippen LogP contribution < -0.4 is 4.90 Å². The highest BCUT2D eigenvalue weighted by atomic mass is 32.1. The first-order chi connectivity index (χ1) is 14.0. The van der Waals surface area contributed by atoms with Crippen LogP contribution in [0.3, 0.4) is 0 Å². The second-order valence-corrected chi connectivity index (χ2v) is 7.96. The van der Waals surface area contributed by atoms with Crippen molar-refractivity contribution in [1.82, 2.24) is 9.88 Å². The van der Waals surface area contributed by atoms with E-state index < -0.39 is 12.1 Å². The third-order valence-electron chi connectivity index (χ3n) is 3.98. The number of hydrogen-bond donors (Lipinski definition) is 2. The average Bonchev–Trinajstić information content (AvgIpc) is 3.05. The maximum absolute atomic E-state index is 10.6. The van der Waals surface area contributed by atoms with Gasteiger partial charge in [0.1, 0.15) is 11.6 Å². The highest BCUT2D eigenvalue weighted by molar-refractivity contribution is 7.19. The van der Waals surface area contributed by atoms with Gasteiger partial charge in [0.25, 0.3) is 0 Å². The average molecular weight is 441 g/mol. The predicted molar refractivity (Wildman–Crippen MR) is 111 cm³/mol. The van der Waals surface area contributed by atoms with Gasteiger partial charge in [-0.25, -0.2) is 9.78 Å². The van der Waals surface area contributed by atoms with Crippen LogP contribution >= 0.6 is 11.3 Å². The summed E-state index contributed by atoms with van der Waals surface area (Å²) in [7, 11) is 6.08. The Morgan fingerprint density at radius 3 is 2.30 bits per heavy atom. The number of carboxylic acids is 1. The van der Waals surface area contributed by atoms with Crippen LogP contribution in [-0.2, 0) is 17.9 Å².